The lowest BCUT2D eigenvalue weighted by atomic mass is 10.0. The molecular formula is C13H15F2N. The molecule has 1 aromatic carbocycles. The molecule has 16 heavy (non-hydrogen) atoms. The van der Waals surface area contributed by atoms with Crippen molar-refractivity contribution in [1.82, 2.24) is 5.32 Å². The van der Waals surface area contributed by atoms with Crippen LogP contribution < -0.4 is 5.32 Å². The molecule has 0 aliphatic rings. The Hall–Kier alpha value is -1.40. The molecule has 0 saturated carbocycles. The third-order valence-electron chi connectivity index (χ3n) is 2.37. The van der Waals surface area contributed by atoms with Crippen molar-refractivity contribution in [3.05, 3.63) is 35.4 Å². The van der Waals surface area contributed by atoms with E-state index < -0.39 is 23.2 Å². The molecule has 1 atom stereocenters. The molecule has 1 unspecified atom stereocenters. The molecule has 1 aromatic rings. The van der Waals surface area contributed by atoms with Gasteiger partial charge in [0.2, 0.25) is 0 Å². The SMILES string of the molecule is C#CC(C)(C)NC(C)c1c(F)cccc1F. The molecule has 0 aliphatic heterocycles. The van der Waals surface area contributed by atoms with E-state index in [9.17, 15) is 8.78 Å². The van der Waals surface area contributed by atoms with E-state index in [4.69, 9.17) is 6.42 Å². The Morgan fingerprint density at radius 1 is 1.31 bits per heavy atom. The van der Waals surface area contributed by atoms with Gasteiger partial charge in [0.05, 0.1) is 5.54 Å². The van der Waals surface area contributed by atoms with Gasteiger partial charge in [0.15, 0.2) is 0 Å². The fourth-order valence-electron chi connectivity index (χ4n) is 1.58. The van der Waals surface area contributed by atoms with Crippen molar-refractivity contribution in [3.63, 3.8) is 0 Å². The number of hydrogen-bond donors (Lipinski definition) is 1. The van der Waals surface area contributed by atoms with Crippen LogP contribution in [0.25, 0.3) is 0 Å². The summed E-state index contributed by atoms with van der Waals surface area (Å²) in [4.78, 5) is 0. The minimum atomic E-state index is -0.603. The molecule has 86 valence electrons. The highest BCUT2D eigenvalue weighted by molar-refractivity contribution is 5.24. The van der Waals surface area contributed by atoms with Gasteiger partial charge in [0.25, 0.3) is 0 Å². The van der Waals surface area contributed by atoms with E-state index in [0.29, 0.717) is 0 Å². The topological polar surface area (TPSA) is 12.0 Å². The molecule has 0 aromatic heterocycles. The minimum Gasteiger partial charge on any atom is -0.295 e. The first-order valence-electron chi connectivity index (χ1n) is 5.07. The fraction of sp³-hybridized carbons (Fsp3) is 0.385. The van der Waals surface area contributed by atoms with Crippen LogP contribution in [-0.4, -0.2) is 5.54 Å². The molecule has 0 aliphatic carbocycles. The van der Waals surface area contributed by atoms with Crippen molar-refractivity contribution in [3.8, 4) is 12.3 Å². The highest BCUT2D eigenvalue weighted by atomic mass is 19.1. The van der Waals surface area contributed by atoms with Crippen molar-refractivity contribution in [1.29, 1.82) is 0 Å². The number of halogens is 2. The predicted octanol–water partition coefficient (Wildman–Crippen LogP) is 3.03. The highest BCUT2D eigenvalue weighted by Crippen LogP contribution is 2.22. The van der Waals surface area contributed by atoms with E-state index in [2.05, 4.69) is 11.2 Å². The van der Waals surface area contributed by atoms with Crippen LogP contribution >= 0.6 is 0 Å². The van der Waals surface area contributed by atoms with Gasteiger partial charge in [-0.2, -0.15) is 0 Å². The van der Waals surface area contributed by atoms with Crippen LogP contribution in [-0.2, 0) is 0 Å². The van der Waals surface area contributed by atoms with Crippen LogP contribution in [0.15, 0.2) is 18.2 Å². The van der Waals surface area contributed by atoms with Gasteiger partial charge in [0, 0.05) is 11.6 Å². The number of nitrogens with one attached hydrogen (secondary N) is 1. The number of rotatable bonds is 3. The van der Waals surface area contributed by atoms with Gasteiger partial charge in [-0.05, 0) is 32.9 Å². The third-order valence-corrected chi connectivity index (χ3v) is 2.37. The maximum Gasteiger partial charge on any atom is 0.130 e. The van der Waals surface area contributed by atoms with Gasteiger partial charge >= 0.3 is 0 Å². The van der Waals surface area contributed by atoms with Crippen molar-refractivity contribution < 1.29 is 8.78 Å². The lowest BCUT2D eigenvalue weighted by molar-refractivity contribution is 0.406. The van der Waals surface area contributed by atoms with Crippen LogP contribution in [0.2, 0.25) is 0 Å². The average Bonchev–Trinajstić information content (AvgIpc) is 2.16. The first-order valence-corrected chi connectivity index (χ1v) is 5.07. The largest absolute Gasteiger partial charge is 0.295 e. The van der Waals surface area contributed by atoms with E-state index in [1.165, 1.54) is 18.2 Å². The summed E-state index contributed by atoms with van der Waals surface area (Å²) < 4.78 is 26.9. The molecule has 0 radical (unpaired) electrons. The van der Waals surface area contributed by atoms with Crippen molar-refractivity contribution in [2.75, 3.05) is 0 Å². The molecule has 0 heterocycles. The van der Waals surface area contributed by atoms with Gasteiger partial charge in [-0.3, -0.25) is 5.32 Å². The van der Waals surface area contributed by atoms with Gasteiger partial charge in [-0.1, -0.05) is 12.0 Å². The number of terminal acetylenes is 1. The normalized spacial score (nSPS) is 13.2. The smallest absolute Gasteiger partial charge is 0.130 e. The van der Waals surface area contributed by atoms with E-state index in [0.717, 1.165) is 0 Å². The van der Waals surface area contributed by atoms with Crippen molar-refractivity contribution in [2.24, 2.45) is 0 Å². The Morgan fingerprint density at radius 2 is 1.81 bits per heavy atom. The third kappa shape index (κ3) is 2.80. The average molecular weight is 223 g/mol. The Balaban J connectivity index is 2.98. The molecule has 0 bridgehead atoms. The number of benzene rings is 1. The highest BCUT2D eigenvalue weighted by Gasteiger charge is 2.22. The molecule has 1 N–H and O–H groups in total. The summed E-state index contributed by atoms with van der Waals surface area (Å²) in [6.07, 6.45) is 5.31. The molecule has 1 rings (SSSR count). The lowest BCUT2D eigenvalue weighted by Gasteiger charge is -2.25. The van der Waals surface area contributed by atoms with E-state index in [-0.39, 0.29) is 5.56 Å². The summed E-state index contributed by atoms with van der Waals surface area (Å²) in [5.74, 6) is 1.40. The molecule has 0 amide bonds. The summed E-state index contributed by atoms with van der Waals surface area (Å²) in [5.41, 5.74) is -0.584. The second-order valence-corrected chi connectivity index (χ2v) is 4.27. The zero-order chi connectivity index (χ0) is 12.3. The Labute approximate surface area is 94.9 Å². The first-order chi connectivity index (χ1) is 7.37. The summed E-state index contributed by atoms with van der Waals surface area (Å²) in [6.45, 7) is 5.24. The zero-order valence-electron chi connectivity index (χ0n) is 9.64. The number of hydrogen-bond acceptors (Lipinski definition) is 1. The van der Waals surface area contributed by atoms with Crippen LogP contribution in [0.4, 0.5) is 8.78 Å². The quantitative estimate of drug-likeness (QED) is 0.777. The summed E-state index contributed by atoms with van der Waals surface area (Å²) in [7, 11) is 0. The van der Waals surface area contributed by atoms with Gasteiger partial charge in [0.1, 0.15) is 11.6 Å². The molecule has 0 saturated heterocycles. The summed E-state index contributed by atoms with van der Waals surface area (Å²) >= 11 is 0. The Morgan fingerprint density at radius 3 is 2.25 bits per heavy atom. The molecule has 3 heteroatoms. The van der Waals surface area contributed by atoms with E-state index >= 15 is 0 Å². The Bertz CT molecular complexity index is 398. The van der Waals surface area contributed by atoms with Gasteiger partial charge < -0.3 is 0 Å². The molecule has 0 spiro atoms. The fourth-order valence-corrected chi connectivity index (χ4v) is 1.58. The molecule has 0 fully saturated rings. The summed E-state index contributed by atoms with van der Waals surface area (Å²) in [6, 6.07) is 3.33. The second-order valence-electron chi connectivity index (χ2n) is 4.27. The zero-order valence-corrected chi connectivity index (χ0v) is 9.64. The maximum atomic E-state index is 13.4. The Kier molecular flexibility index (Phi) is 3.66. The van der Waals surface area contributed by atoms with Crippen LogP contribution in [0.3, 0.4) is 0 Å². The van der Waals surface area contributed by atoms with Crippen molar-refractivity contribution >= 4 is 0 Å². The van der Waals surface area contributed by atoms with E-state index in [1.807, 2.05) is 0 Å². The monoisotopic (exact) mass is 223 g/mol. The standard InChI is InChI=1S/C13H15F2N/c1-5-13(3,4)16-9(2)12-10(14)7-6-8-11(12)15/h1,6-9,16H,2-4H3. The summed E-state index contributed by atoms with van der Waals surface area (Å²) in [5, 5.41) is 2.99. The van der Waals surface area contributed by atoms with E-state index in [1.54, 1.807) is 20.8 Å². The van der Waals surface area contributed by atoms with Crippen LogP contribution in [0.5, 0.6) is 0 Å². The maximum absolute atomic E-state index is 13.4. The van der Waals surface area contributed by atoms with Crippen LogP contribution in [0.1, 0.15) is 32.4 Å². The van der Waals surface area contributed by atoms with Gasteiger partial charge in [-0.15, -0.1) is 6.42 Å². The molecular weight excluding hydrogens is 208 g/mol. The minimum absolute atomic E-state index is 0.0193. The van der Waals surface area contributed by atoms with Crippen molar-refractivity contribution in [2.45, 2.75) is 32.4 Å². The molecule has 1 nitrogen and oxygen atoms in total. The first kappa shape index (κ1) is 12.7. The second kappa shape index (κ2) is 4.63. The predicted molar refractivity (Wildman–Crippen MR) is 60.8 cm³/mol. The lowest BCUT2D eigenvalue weighted by Crippen LogP contribution is -2.39. The van der Waals surface area contributed by atoms with Gasteiger partial charge in [-0.25, -0.2) is 8.78 Å². The van der Waals surface area contributed by atoms with Crippen LogP contribution in [0, 0.1) is 24.0 Å².